The number of piperidine rings is 1. The van der Waals surface area contributed by atoms with Crippen molar-refractivity contribution in [2.45, 2.75) is 63.3 Å². The van der Waals surface area contributed by atoms with Crippen LogP contribution in [0.5, 0.6) is 0 Å². The predicted molar refractivity (Wildman–Crippen MR) is 146 cm³/mol. The van der Waals surface area contributed by atoms with Gasteiger partial charge in [-0.05, 0) is 69.1 Å². The van der Waals surface area contributed by atoms with E-state index in [0.29, 0.717) is 51.9 Å². The molecular formula is C29H33ClF2N4O4. The summed E-state index contributed by atoms with van der Waals surface area (Å²) in [7, 11) is 0. The maximum Gasteiger partial charge on any atom is 0.409 e. The third-order valence-corrected chi connectivity index (χ3v) is 8.67. The van der Waals surface area contributed by atoms with Crippen LogP contribution in [-0.2, 0) is 14.9 Å². The largest absolute Gasteiger partial charge is 0.450 e. The summed E-state index contributed by atoms with van der Waals surface area (Å²) in [6.07, 6.45) is 1.92. The third kappa shape index (κ3) is 5.38. The van der Waals surface area contributed by atoms with Crippen LogP contribution in [0.15, 0.2) is 36.5 Å². The van der Waals surface area contributed by atoms with Crippen molar-refractivity contribution in [1.82, 2.24) is 15.2 Å². The van der Waals surface area contributed by atoms with Gasteiger partial charge in [-0.2, -0.15) is 0 Å². The zero-order valence-corrected chi connectivity index (χ0v) is 23.1. The maximum atomic E-state index is 14.0. The second-order valence-electron chi connectivity index (χ2n) is 10.8. The molecule has 1 saturated carbocycles. The van der Waals surface area contributed by atoms with Crippen LogP contribution in [0.2, 0.25) is 5.02 Å². The molecule has 1 spiro atoms. The quantitative estimate of drug-likeness (QED) is 0.492. The molecule has 11 heteroatoms. The normalized spacial score (nSPS) is 22.0. The molecule has 0 bridgehead atoms. The smallest absolute Gasteiger partial charge is 0.409 e. The van der Waals surface area contributed by atoms with Crippen molar-refractivity contribution in [1.29, 1.82) is 0 Å². The van der Waals surface area contributed by atoms with Crippen LogP contribution in [-0.4, -0.2) is 60.1 Å². The number of anilines is 1. The first-order valence-corrected chi connectivity index (χ1v) is 14.2. The van der Waals surface area contributed by atoms with E-state index in [2.05, 4.69) is 10.3 Å². The van der Waals surface area contributed by atoms with Gasteiger partial charge < -0.3 is 19.9 Å². The zero-order valence-electron chi connectivity index (χ0n) is 22.4. The highest BCUT2D eigenvalue weighted by Crippen LogP contribution is 2.48. The second-order valence-corrected chi connectivity index (χ2v) is 11.2. The summed E-state index contributed by atoms with van der Waals surface area (Å²) in [6, 6.07) is 8.98. The molecule has 2 aromatic rings. The Hall–Kier alpha value is -3.27. The number of amides is 3. The van der Waals surface area contributed by atoms with E-state index < -0.39 is 23.4 Å². The number of nitrogens with zero attached hydrogens (tertiary/aromatic N) is 3. The lowest BCUT2D eigenvalue weighted by atomic mass is 9.73. The topological polar surface area (TPSA) is 91.8 Å². The van der Waals surface area contributed by atoms with Crippen molar-refractivity contribution in [3.8, 4) is 0 Å². The van der Waals surface area contributed by atoms with Crippen LogP contribution in [0.25, 0.3) is 0 Å². The van der Waals surface area contributed by atoms with Crippen LogP contribution >= 0.6 is 11.6 Å². The van der Waals surface area contributed by atoms with Gasteiger partial charge in [0.25, 0.3) is 12.3 Å². The number of halogens is 3. The Balaban J connectivity index is 1.21. The molecule has 1 N–H and O–H groups in total. The zero-order chi connectivity index (χ0) is 28.4. The highest BCUT2D eigenvalue weighted by molar-refractivity contribution is 6.30. The van der Waals surface area contributed by atoms with Crippen LogP contribution < -0.4 is 10.2 Å². The molecule has 2 aliphatic heterocycles. The summed E-state index contributed by atoms with van der Waals surface area (Å²) < 4.78 is 31.9. The molecule has 0 radical (unpaired) electrons. The summed E-state index contributed by atoms with van der Waals surface area (Å²) in [5.74, 6) is -0.279. The molecule has 8 nitrogen and oxygen atoms in total. The van der Waals surface area contributed by atoms with Gasteiger partial charge in [-0.3, -0.25) is 14.6 Å². The summed E-state index contributed by atoms with van der Waals surface area (Å²) in [5.41, 5.74) is 0.528. The number of alkyl halides is 2. The fraction of sp³-hybridized carbons (Fsp3) is 0.517. The van der Waals surface area contributed by atoms with Gasteiger partial charge in [-0.25, -0.2) is 13.6 Å². The molecule has 1 aromatic carbocycles. The number of hydrogen-bond acceptors (Lipinski definition) is 5. The molecule has 0 atom stereocenters. The van der Waals surface area contributed by atoms with Crippen LogP contribution in [0.3, 0.4) is 0 Å². The van der Waals surface area contributed by atoms with E-state index in [-0.39, 0.29) is 34.5 Å². The Morgan fingerprint density at radius 3 is 2.55 bits per heavy atom. The summed E-state index contributed by atoms with van der Waals surface area (Å²) in [5, 5.41) is 2.99. The fourth-order valence-electron chi connectivity index (χ4n) is 6.36. The van der Waals surface area contributed by atoms with Crippen molar-refractivity contribution in [3.05, 3.63) is 58.4 Å². The van der Waals surface area contributed by atoms with Crippen molar-refractivity contribution in [2.75, 3.05) is 31.1 Å². The van der Waals surface area contributed by atoms with Crippen LogP contribution in [0.1, 0.15) is 73.5 Å². The Morgan fingerprint density at radius 2 is 1.88 bits per heavy atom. The number of carbonyl (C=O) groups excluding carboxylic acids is 3. The standard InChI is InChI=1S/C29H33ClF2N4O4/c1-2-40-28(39)35-13-11-29(12-14-35)22-5-3-4-6-23(22)36(27(29)38)17-18-7-9-20(10-8-18)34-26(37)21-15-19(30)16-33-24(21)25(31)32/h3-6,15-16,18,20,25H,2,7-14,17H2,1H3,(H,34,37)/t18-,20-. The number of benzene rings is 1. The maximum absolute atomic E-state index is 14.0. The Labute approximate surface area is 237 Å². The molecular weight excluding hydrogens is 542 g/mol. The minimum absolute atomic E-state index is 0.0839. The fourth-order valence-corrected chi connectivity index (χ4v) is 6.52. The molecule has 214 valence electrons. The van der Waals surface area contributed by atoms with E-state index in [9.17, 15) is 23.2 Å². The molecule has 5 rings (SSSR count). The number of likely N-dealkylation sites (tertiary alicyclic amines) is 1. The first-order valence-electron chi connectivity index (χ1n) is 13.8. The number of ether oxygens (including phenoxy) is 1. The van der Waals surface area contributed by atoms with Crippen molar-refractivity contribution < 1.29 is 27.9 Å². The van der Waals surface area contributed by atoms with Gasteiger partial charge in [-0.1, -0.05) is 29.8 Å². The molecule has 1 aromatic heterocycles. The van der Waals surface area contributed by atoms with E-state index in [1.807, 2.05) is 29.2 Å². The minimum Gasteiger partial charge on any atom is -0.450 e. The van der Waals surface area contributed by atoms with Gasteiger partial charge in [0.2, 0.25) is 5.91 Å². The molecule has 0 unspecified atom stereocenters. The van der Waals surface area contributed by atoms with Gasteiger partial charge in [0.05, 0.1) is 22.6 Å². The molecule has 2 fully saturated rings. The number of para-hydroxylation sites is 1. The first-order chi connectivity index (χ1) is 19.2. The van der Waals surface area contributed by atoms with Crippen LogP contribution in [0.4, 0.5) is 19.3 Å². The average Bonchev–Trinajstić information content (AvgIpc) is 3.17. The molecule has 3 amide bonds. The van der Waals surface area contributed by atoms with Crippen molar-refractivity contribution >= 4 is 35.2 Å². The lowest BCUT2D eigenvalue weighted by molar-refractivity contribution is -0.125. The summed E-state index contributed by atoms with van der Waals surface area (Å²) >= 11 is 5.90. The molecule has 3 heterocycles. The number of nitrogens with one attached hydrogen (secondary N) is 1. The third-order valence-electron chi connectivity index (χ3n) is 8.47. The first kappa shape index (κ1) is 28.3. The lowest BCUT2D eigenvalue weighted by Crippen LogP contribution is -2.51. The molecule has 3 aliphatic rings. The van der Waals surface area contributed by atoms with E-state index >= 15 is 0 Å². The SMILES string of the molecule is CCOC(=O)N1CCC2(CC1)C(=O)N(C[C@H]1CC[C@H](NC(=O)c3cc(Cl)cnc3C(F)F)CC1)c1ccccc12. The highest BCUT2D eigenvalue weighted by Gasteiger charge is 2.52. The van der Waals surface area contributed by atoms with Gasteiger partial charge in [0, 0.05) is 37.6 Å². The van der Waals surface area contributed by atoms with Gasteiger partial charge in [0.15, 0.2) is 0 Å². The van der Waals surface area contributed by atoms with E-state index in [0.717, 1.165) is 30.3 Å². The Bertz CT molecular complexity index is 1280. The summed E-state index contributed by atoms with van der Waals surface area (Å²) in [4.78, 5) is 46.2. The molecule has 40 heavy (non-hydrogen) atoms. The van der Waals surface area contributed by atoms with Crippen molar-refractivity contribution in [3.63, 3.8) is 0 Å². The summed E-state index contributed by atoms with van der Waals surface area (Å²) in [6.45, 7) is 3.60. The van der Waals surface area contributed by atoms with Gasteiger partial charge in [-0.15, -0.1) is 0 Å². The number of pyridine rings is 1. The van der Waals surface area contributed by atoms with Crippen LogP contribution in [0, 0.1) is 5.92 Å². The van der Waals surface area contributed by atoms with Gasteiger partial charge >= 0.3 is 6.09 Å². The predicted octanol–water partition coefficient (Wildman–Crippen LogP) is 5.50. The number of aromatic nitrogens is 1. The second kappa shape index (κ2) is 11.7. The minimum atomic E-state index is -2.88. The molecule has 1 aliphatic carbocycles. The van der Waals surface area contributed by atoms with E-state index in [4.69, 9.17) is 16.3 Å². The average molecular weight is 575 g/mol. The number of fused-ring (bicyclic) bond motifs is 2. The number of carbonyl (C=O) groups is 3. The van der Waals surface area contributed by atoms with Crippen molar-refractivity contribution in [2.24, 2.45) is 5.92 Å². The Morgan fingerprint density at radius 1 is 1.18 bits per heavy atom. The monoisotopic (exact) mass is 574 g/mol. The van der Waals surface area contributed by atoms with E-state index in [1.54, 1.807) is 11.8 Å². The van der Waals surface area contributed by atoms with Gasteiger partial charge in [0.1, 0.15) is 5.69 Å². The number of rotatable bonds is 6. The van der Waals surface area contributed by atoms with E-state index in [1.165, 1.54) is 6.07 Å². The molecule has 1 saturated heterocycles. The lowest BCUT2D eigenvalue weighted by Gasteiger charge is -2.38. The Kier molecular flexibility index (Phi) is 8.26. The number of hydrogen-bond donors (Lipinski definition) is 1. The highest BCUT2D eigenvalue weighted by atomic mass is 35.5.